The lowest BCUT2D eigenvalue weighted by atomic mass is 10.1. The minimum absolute atomic E-state index is 0.239. The highest BCUT2D eigenvalue weighted by atomic mass is 16.6. The van der Waals surface area contributed by atoms with E-state index in [0.717, 1.165) is 5.56 Å². The van der Waals surface area contributed by atoms with E-state index in [1.165, 1.54) is 15.6 Å². The Morgan fingerprint density at radius 1 is 1.31 bits per heavy atom. The maximum Gasteiger partial charge on any atom is 0.415 e. The Balaban J connectivity index is 1.87. The number of rotatable bonds is 1. The van der Waals surface area contributed by atoms with Crippen LogP contribution in [0.3, 0.4) is 0 Å². The quantitative estimate of drug-likeness (QED) is 0.545. The van der Waals surface area contributed by atoms with Gasteiger partial charge in [0.2, 0.25) is 0 Å². The summed E-state index contributed by atoms with van der Waals surface area (Å²) >= 11 is 0. The largest absolute Gasteiger partial charge is 0.443 e. The summed E-state index contributed by atoms with van der Waals surface area (Å²) in [4.78, 5) is 31.7. The standard InChI is InChI=1S/C24H27N7O4/c1-14-12-34-13-16-6-15(10-25)7-17(8-16)28-19-9-20(30(5)23(33)35-24(2,3)4)31-21(29-19)18(11-26-31)22(32)27-14/h6-9,11,14H,12-13H2,1-5H3,(H,27,32)(H,28,29)/t14-/m1/s1. The topological polar surface area (TPSA) is 134 Å². The third-order valence-corrected chi connectivity index (χ3v) is 5.12. The van der Waals surface area contributed by atoms with Gasteiger partial charge < -0.3 is 20.1 Å². The molecule has 0 aliphatic carbocycles. The van der Waals surface area contributed by atoms with Crippen LogP contribution in [0.4, 0.5) is 22.1 Å². The van der Waals surface area contributed by atoms with Crippen LogP contribution in [0.5, 0.6) is 0 Å². The first-order valence-corrected chi connectivity index (χ1v) is 11.1. The second-order valence-electron chi connectivity index (χ2n) is 9.38. The predicted octanol–water partition coefficient (Wildman–Crippen LogP) is 3.36. The molecule has 0 radical (unpaired) electrons. The molecule has 2 aromatic heterocycles. The first-order valence-electron chi connectivity index (χ1n) is 11.1. The van der Waals surface area contributed by atoms with Gasteiger partial charge in [-0.3, -0.25) is 9.69 Å². The number of hydrogen-bond acceptors (Lipinski definition) is 8. The van der Waals surface area contributed by atoms with Crippen molar-refractivity contribution >= 4 is 35.0 Å². The minimum atomic E-state index is -0.701. The van der Waals surface area contributed by atoms with Crippen LogP contribution in [0, 0.1) is 11.3 Å². The van der Waals surface area contributed by atoms with Gasteiger partial charge in [-0.15, -0.1) is 0 Å². The Labute approximate surface area is 202 Å². The number of anilines is 3. The fourth-order valence-corrected chi connectivity index (χ4v) is 3.59. The molecule has 0 spiro atoms. The molecule has 11 nitrogen and oxygen atoms in total. The molecule has 1 aliphatic rings. The van der Waals surface area contributed by atoms with Crippen molar-refractivity contribution in [3.05, 3.63) is 47.2 Å². The number of amides is 2. The van der Waals surface area contributed by atoms with E-state index in [-0.39, 0.29) is 36.4 Å². The van der Waals surface area contributed by atoms with E-state index in [1.54, 1.807) is 46.0 Å². The lowest BCUT2D eigenvalue weighted by Crippen LogP contribution is -2.36. The maximum atomic E-state index is 13.0. The summed E-state index contributed by atoms with van der Waals surface area (Å²) in [7, 11) is 1.56. The van der Waals surface area contributed by atoms with Crippen LogP contribution in [0.2, 0.25) is 0 Å². The summed E-state index contributed by atoms with van der Waals surface area (Å²) in [6, 6.07) is 8.77. The molecular formula is C24H27N7O4. The van der Waals surface area contributed by atoms with Gasteiger partial charge in [0.25, 0.3) is 5.91 Å². The highest BCUT2D eigenvalue weighted by Crippen LogP contribution is 2.26. The van der Waals surface area contributed by atoms with Crippen LogP contribution >= 0.6 is 0 Å². The predicted molar refractivity (Wildman–Crippen MR) is 129 cm³/mol. The Morgan fingerprint density at radius 2 is 2.09 bits per heavy atom. The summed E-state index contributed by atoms with van der Waals surface area (Å²) in [6.45, 7) is 7.70. The first kappa shape index (κ1) is 24.0. The molecule has 3 aromatic rings. The first-order chi connectivity index (χ1) is 16.5. The van der Waals surface area contributed by atoms with Crippen LogP contribution in [0.25, 0.3) is 5.65 Å². The average molecular weight is 478 g/mol. The summed E-state index contributed by atoms with van der Waals surface area (Å²) < 4.78 is 12.7. The monoisotopic (exact) mass is 477 g/mol. The number of hydrogen-bond donors (Lipinski definition) is 2. The SMILES string of the molecule is C[C@@H]1COCc2cc(C#N)cc(c2)Nc2cc(N(C)C(=O)OC(C)(C)C)n3ncc(c3n2)C(=O)N1. The zero-order valence-corrected chi connectivity index (χ0v) is 20.2. The van der Waals surface area contributed by atoms with Crippen molar-refractivity contribution in [1.29, 1.82) is 5.26 Å². The van der Waals surface area contributed by atoms with E-state index in [2.05, 4.69) is 26.8 Å². The number of ether oxygens (including phenoxy) is 2. The Morgan fingerprint density at radius 3 is 2.80 bits per heavy atom. The fraction of sp³-hybridized carbons (Fsp3) is 0.375. The average Bonchev–Trinajstić information content (AvgIpc) is 3.20. The number of benzene rings is 1. The van der Waals surface area contributed by atoms with Crippen LogP contribution in [0.15, 0.2) is 30.5 Å². The van der Waals surface area contributed by atoms with Crippen LogP contribution in [-0.2, 0) is 16.1 Å². The third-order valence-electron chi connectivity index (χ3n) is 5.12. The number of nitrogens with one attached hydrogen (secondary N) is 2. The van der Waals surface area contributed by atoms with E-state index in [1.807, 2.05) is 13.0 Å². The Hall–Kier alpha value is -4.17. The van der Waals surface area contributed by atoms with Gasteiger partial charge >= 0.3 is 6.09 Å². The van der Waals surface area contributed by atoms with Crippen molar-refractivity contribution in [2.75, 3.05) is 23.9 Å². The molecule has 2 N–H and O–H groups in total. The normalized spacial score (nSPS) is 16.1. The Bertz CT molecular complexity index is 1340. The van der Waals surface area contributed by atoms with E-state index >= 15 is 0 Å². The molecule has 0 unspecified atom stereocenters. The second-order valence-corrected chi connectivity index (χ2v) is 9.38. The number of nitrogens with zero attached hydrogens (tertiary/aromatic N) is 5. The lowest BCUT2D eigenvalue weighted by molar-refractivity contribution is 0.0587. The highest BCUT2D eigenvalue weighted by Gasteiger charge is 2.25. The zero-order chi connectivity index (χ0) is 25.3. The molecule has 0 saturated carbocycles. The van der Waals surface area contributed by atoms with Crippen molar-refractivity contribution in [1.82, 2.24) is 19.9 Å². The summed E-state index contributed by atoms with van der Waals surface area (Å²) in [5, 5.41) is 19.9. The summed E-state index contributed by atoms with van der Waals surface area (Å²) in [5.41, 5.74) is 1.65. The van der Waals surface area contributed by atoms with Crippen molar-refractivity contribution in [2.45, 2.75) is 45.9 Å². The number of fused-ring (bicyclic) bond motifs is 3. The van der Waals surface area contributed by atoms with Crippen molar-refractivity contribution in [2.24, 2.45) is 0 Å². The molecule has 4 rings (SSSR count). The molecule has 1 aliphatic heterocycles. The number of aromatic nitrogens is 3. The zero-order valence-electron chi connectivity index (χ0n) is 20.2. The van der Waals surface area contributed by atoms with Crippen molar-refractivity contribution < 1.29 is 19.1 Å². The number of carbonyl (C=O) groups is 2. The minimum Gasteiger partial charge on any atom is -0.443 e. The second kappa shape index (κ2) is 9.23. The highest BCUT2D eigenvalue weighted by molar-refractivity contribution is 6.00. The van der Waals surface area contributed by atoms with Gasteiger partial charge in [-0.1, -0.05) is 0 Å². The summed E-state index contributed by atoms with van der Waals surface area (Å²) in [5.74, 6) is 0.324. The van der Waals surface area contributed by atoms with Gasteiger partial charge in [-0.25, -0.2) is 9.78 Å². The van der Waals surface area contributed by atoms with Crippen LogP contribution < -0.4 is 15.5 Å². The molecule has 11 heteroatoms. The van der Waals surface area contributed by atoms with Crippen LogP contribution in [-0.4, -0.2) is 51.9 Å². The molecule has 35 heavy (non-hydrogen) atoms. The Kier molecular flexibility index (Phi) is 6.32. The smallest absolute Gasteiger partial charge is 0.415 e. The van der Waals surface area contributed by atoms with E-state index in [4.69, 9.17) is 9.47 Å². The van der Waals surface area contributed by atoms with E-state index in [9.17, 15) is 14.9 Å². The molecule has 182 valence electrons. The fourth-order valence-electron chi connectivity index (χ4n) is 3.59. The molecule has 4 bridgehead atoms. The molecule has 2 amide bonds. The van der Waals surface area contributed by atoms with Gasteiger partial charge in [-0.2, -0.15) is 14.9 Å². The molecule has 0 fully saturated rings. The summed E-state index contributed by atoms with van der Waals surface area (Å²) in [6.07, 6.45) is 0.813. The molecule has 3 heterocycles. The molecule has 0 saturated heterocycles. The van der Waals surface area contributed by atoms with Gasteiger partial charge in [-0.05, 0) is 51.5 Å². The number of nitriles is 1. The van der Waals surface area contributed by atoms with Gasteiger partial charge in [0.1, 0.15) is 22.8 Å². The van der Waals surface area contributed by atoms with E-state index in [0.29, 0.717) is 22.9 Å². The van der Waals surface area contributed by atoms with E-state index < -0.39 is 11.7 Å². The number of carbonyl (C=O) groups excluding carboxylic acids is 2. The lowest BCUT2D eigenvalue weighted by Gasteiger charge is -2.25. The van der Waals surface area contributed by atoms with Crippen molar-refractivity contribution in [3.63, 3.8) is 0 Å². The van der Waals surface area contributed by atoms with Gasteiger partial charge in [0.15, 0.2) is 5.65 Å². The van der Waals surface area contributed by atoms with Gasteiger partial charge in [0, 0.05) is 24.8 Å². The van der Waals surface area contributed by atoms with Crippen molar-refractivity contribution in [3.8, 4) is 6.07 Å². The third kappa shape index (κ3) is 5.33. The van der Waals surface area contributed by atoms with Gasteiger partial charge in [0.05, 0.1) is 31.0 Å². The molecule has 1 atom stereocenters. The molecular weight excluding hydrogens is 450 g/mol. The molecule has 1 aromatic carbocycles. The van der Waals surface area contributed by atoms with Crippen LogP contribution in [0.1, 0.15) is 49.2 Å². The maximum absolute atomic E-state index is 13.0.